The molecule has 0 heterocycles. The number of carbonyl (C=O) groups is 4. The average molecular weight is 522 g/mol. The van der Waals surface area contributed by atoms with Crippen molar-refractivity contribution in [1.82, 2.24) is 4.90 Å². The molecule has 0 spiro atoms. The van der Waals surface area contributed by atoms with Crippen LogP contribution in [0.2, 0.25) is 0 Å². The number of urea groups is 1. The van der Waals surface area contributed by atoms with Crippen LogP contribution in [-0.4, -0.2) is 47.4 Å². The summed E-state index contributed by atoms with van der Waals surface area (Å²) < 4.78 is 85.4. The van der Waals surface area contributed by atoms with E-state index in [4.69, 9.17) is 0 Å². The zero-order valence-corrected chi connectivity index (χ0v) is 18.8. The molecule has 0 unspecified atom stereocenters. The first-order chi connectivity index (χ1) is 16.2. The summed E-state index contributed by atoms with van der Waals surface area (Å²) in [6.07, 6.45) is 0. The van der Waals surface area contributed by atoms with E-state index >= 15 is 0 Å². The molecule has 0 aliphatic heterocycles. The van der Waals surface area contributed by atoms with Crippen molar-refractivity contribution in [2.75, 3.05) is 18.1 Å². The Kier molecular flexibility index (Phi) is 8.90. The predicted molar refractivity (Wildman–Crippen MR) is 111 cm³/mol. The van der Waals surface area contributed by atoms with Crippen molar-refractivity contribution in [3.63, 3.8) is 0 Å². The van der Waals surface area contributed by atoms with Gasteiger partial charge in [-0.15, -0.1) is 0 Å². The molecule has 2 aromatic carbocycles. The number of anilines is 1. The van der Waals surface area contributed by atoms with Crippen molar-refractivity contribution in [3.8, 4) is 0 Å². The zero-order chi connectivity index (χ0) is 26.5. The van der Waals surface area contributed by atoms with Gasteiger partial charge in [0.05, 0.1) is 12.2 Å². The average Bonchev–Trinajstić information content (AvgIpc) is 2.70. The molecule has 0 N–H and O–H groups in total. The third-order valence-corrected chi connectivity index (χ3v) is 4.90. The van der Waals surface area contributed by atoms with Crippen LogP contribution in [0.1, 0.15) is 24.2 Å². The fraction of sp³-hybridized carbons (Fsp3) is 0.238. The van der Waals surface area contributed by atoms with Crippen molar-refractivity contribution in [1.29, 1.82) is 0 Å². The lowest BCUT2D eigenvalue weighted by Gasteiger charge is -2.28. The minimum Gasteiger partial charge on any atom is -0.464 e. The molecule has 0 atom stereocenters. The number of alkyl halides is 3. The zero-order valence-electron chi connectivity index (χ0n) is 18.0. The van der Waals surface area contributed by atoms with E-state index in [0.717, 1.165) is 32.0 Å². The normalized spacial score (nSPS) is 11.1. The molecule has 2 aromatic rings. The van der Waals surface area contributed by atoms with Gasteiger partial charge < -0.3 is 4.74 Å². The number of thioether (sulfide) groups is 1. The standard InChI is InChI=1S/C21H16F6N2O5S/c1-11(30)29(19(32)18-14(22)4-3-5-15(18)23)20(33)28(8-9-34-12(2)31)17-7-6-13(10-16(17)24)35-21(25,26)27/h3-7,10H,8-9H2,1-2H3. The highest BCUT2D eigenvalue weighted by atomic mass is 32.2. The van der Waals surface area contributed by atoms with Crippen molar-refractivity contribution in [2.45, 2.75) is 24.3 Å². The highest BCUT2D eigenvalue weighted by Gasteiger charge is 2.36. The van der Waals surface area contributed by atoms with Crippen LogP contribution in [0.3, 0.4) is 0 Å². The van der Waals surface area contributed by atoms with Gasteiger partial charge in [0.15, 0.2) is 0 Å². The lowest BCUT2D eigenvalue weighted by atomic mass is 10.1. The van der Waals surface area contributed by atoms with Crippen LogP contribution in [0, 0.1) is 17.5 Å². The second-order valence-corrected chi connectivity index (χ2v) is 7.83. The van der Waals surface area contributed by atoms with Crippen LogP contribution in [0.5, 0.6) is 0 Å². The molecule has 0 radical (unpaired) electrons. The van der Waals surface area contributed by atoms with E-state index in [0.29, 0.717) is 23.1 Å². The van der Waals surface area contributed by atoms with Crippen LogP contribution in [-0.2, 0) is 14.3 Å². The summed E-state index contributed by atoms with van der Waals surface area (Å²) in [5.41, 5.74) is -6.67. The largest absolute Gasteiger partial charge is 0.464 e. The second-order valence-electron chi connectivity index (χ2n) is 6.69. The van der Waals surface area contributed by atoms with Crippen molar-refractivity contribution in [3.05, 3.63) is 59.4 Å². The number of carbonyl (C=O) groups excluding carboxylic acids is 4. The number of benzene rings is 2. The fourth-order valence-electron chi connectivity index (χ4n) is 2.80. The monoisotopic (exact) mass is 522 g/mol. The van der Waals surface area contributed by atoms with E-state index in [2.05, 4.69) is 4.74 Å². The van der Waals surface area contributed by atoms with Gasteiger partial charge in [0.25, 0.3) is 5.91 Å². The van der Waals surface area contributed by atoms with Gasteiger partial charge in [-0.3, -0.25) is 19.3 Å². The van der Waals surface area contributed by atoms with Crippen molar-refractivity contribution in [2.24, 2.45) is 0 Å². The highest BCUT2D eigenvalue weighted by molar-refractivity contribution is 8.00. The Morgan fingerprint density at radius 2 is 1.54 bits per heavy atom. The molecule has 7 nitrogen and oxygen atoms in total. The Labute approximate surface area is 198 Å². The maximum Gasteiger partial charge on any atom is 0.446 e. The quantitative estimate of drug-likeness (QED) is 0.305. The number of amides is 4. The molecule has 0 bridgehead atoms. The summed E-state index contributed by atoms with van der Waals surface area (Å²) in [6, 6.07) is 2.79. The highest BCUT2D eigenvalue weighted by Crippen LogP contribution is 2.38. The number of hydrogen-bond donors (Lipinski definition) is 0. The van der Waals surface area contributed by atoms with Crippen LogP contribution in [0.15, 0.2) is 41.3 Å². The van der Waals surface area contributed by atoms with Crippen molar-refractivity contribution >= 4 is 41.3 Å². The Morgan fingerprint density at radius 1 is 0.943 bits per heavy atom. The first kappa shape index (κ1) is 27.7. The summed E-state index contributed by atoms with van der Waals surface area (Å²) >= 11 is -0.633. The van der Waals surface area contributed by atoms with E-state index in [1.807, 2.05) is 0 Å². The molecule has 0 saturated heterocycles. The van der Waals surface area contributed by atoms with Gasteiger partial charge in [0.2, 0.25) is 5.91 Å². The van der Waals surface area contributed by atoms with Gasteiger partial charge in [-0.25, -0.2) is 18.0 Å². The van der Waals surface area contributed by atoms with Gasteiger partial charge in [-0.1, -0.05) is 6.07 Å². The van der Waals surface area contributed by atoms with Gasteiger partial charge in [-0.05, 0) is 42.1 Å². The SMILES string of the molecule is CC(=O)OCCN(C(=O)N(C(C)=O)C(=O)c1c(F)cccc1F)c1ccc(SC(F)(F)F)cc1F. The Hall–Kier alpha value is -3.55. The van der Waals surface area contributed by atoms with Crippen LogP contribution in [0.25, 0.3) is 0 Å². The van der Waals surface area contributed by atoms with E-state index in [1.54, 1.807) is 0 Å². The molecular formula is C21H16F6N2O5S. The number of rotatable bonds is 6. The first-order valence-electron chi connectivity index (χ1n) is 9.52. The minimum absolute atomic E-state index is 0.174. The number of nitrogens with zero attached hydrogens (tertiary/aromatic N) is 2. The van der Waals surface area contributed by atoms with Crippen LogP contribution in [0.4, 0.5) is 36.8 Å². The molecular weight excluding hydrogens is 506 g/mol. The van der Waals surface area contributed by atoms with Gasteiger partial charge in [0, 0.05) is 18.7 Å². The third-order valence-electron chi connectivity index (χ3n) is 4.18. The molecule has 0 saturated carbocycles. The number of imide groups is 3. The maximum absolute atomic E-state index is 14.7. The van der Waals surface area contributed by atoms with E-state index < -0.39 is 87.8 Å². The topological polar surface area (TPSA) is 84.0 Å². The lowest BCUT2D eigenvalue weighted by molar-refractivity contribution is -0.140. The third kappa shape index (κ3) is 7.21. The van der Waals surface area contributed by atoms with Gasteiger partial charge >= 0.3 is 17.5 Å². The molecule has 14 heteroatoms. The molecule has 0 aliphatic rings. The molecule has 35 heavy (non-hydrogen) atoms. The summed E-state index contributed by atoms with van der Waals surface area (Å²) in [5.74, 6) is -7.95. The number of esters is 1. The molecule has 0 fully saturated rings. The summed E-state index contributed by atoms with van der Waals surface area (Å²) in [7, 11) is 0. The molecule has 188 valence electrons. The minimum atomic E-state index is -4.74. The maximum atomic E-state index is 14.7. The predicted octanol–water partition coefficient (Wildman–Crippen LogP) is 4.89. The Morgan fingerprint density at radius 3 is 2.03 bits per heavy atom. The molecule has 2 rings (SSSR count). The van der Waals surface area contributed by atoms with Crippen LogP contribution < -0.4 is 4.90 Å². The molecule has 0 aromatic heterocycles. The lowest BCUT2D eigenvalue weighted by Crippen LogP contribution is -2.50. The summed E-state index contributed by atoms with van der Waals surface area (Å²) in [5, 5.41) is 0. The van der Waals surface area contributed by atoms with E-state index in [9.17, 15) is 45.5 Å². The number of ether oxygens (including phenoxy) is 1. The van der Waals surface area contributed by atoms with Gasteiger partial charge in [-0.2, -0.15) is 18.1 Å². The fourth-order valence-corrected chi connectivity index (χ4v) is 3.37. The van der Waals surface area contributed by atoms with Gasteiger partial charge in [0.1, 0.15) is 29.6 Å². The summed E-state index contributed by atoms with van der Waals surface area (Å²) in [4.78, 5) is 48.8. The summed E-state index contributed by atoms with van der Waals surface area (Å²) in [6.45, 7) is 0.492. The van der Waals surface area contributed by atoms with Crippen LogP contribution >= 0.6 is 11.8 Å². The van der Waals surface area contributed by atoms with Crippen molar-refractivity contribution < 1.29 is 50.3 Å². The van der Waals surface area contributed by atoms with E-state index in [1.165, 1.54) is 0 Å². The number of hydrogen-bond acceptors (Lipinski definition) is 6. The van der Waals surface area contributed by atoms with E-state index in [-0.39, 0.29) is 4.90 Å². The molecule has 0 aliphatic carbocycles. The smallest absolute Gasteiger partial charge is 0.446 e. The molecule has 4 amide bonds. The Balaban J connectivity index is 2.52. The first-order valence-corrected chi connectivity index (χ1v) is 10.3. The Bertz CT molecular complexity index is 1140. The second kappa shape index (κ2) is 11.3. The number of halogens is 6.